The molecular formula is C12H14FO. The van der Waals surface area contributed by atoms with Gasteiger partial charge in [-0.05, 0) is 36.0 Å². The van der Waals surface area contributed by atoms with Crippen LogP contribution in [0.15, 0.2) is 18.2 Å². The van der Waals surface area contributed by atoms with Crippen molar-refractivity contribution in [2.24, 2.45) is 0 Å². The third kappa shape index (κ3) is 1.67. The Morgan fingerprint density at radius 1 is 1.50 bits per heavy atom. The third-order valence-electron chi connectivity index (χ3n) is 2.74. The lowest BCUT2D eigenvalue weighted by atomic mass is 9.93. The largest absolute Gasteiger partial charge is 0.395 e. The van der Waals surface area contributed by atoms with Crippen LogP contribution in [0.5, 0.6) is 0 Å². The molecule has 0 heterocycles. The molecule has 1 aliphatic carbocycles. The van der Waals surface area contributed by atoms with Crippen LogP contribution >= 0.6 is 0 Å². The molecule has 14 heavy (non-hydrogen) atoms. The van der Waals surface area contributed by atoms with Gasteiger partial charge >= 0.3 is 0 Å². The van der Waals surface area contributed by atoms with Gasteiger partial charge < -0.3 is 5.11 Å². The van der Waals surface area contributed by atoms with Gasteiger partial charge in [-0.3, -0.25) is 0 Å². The van der Waals surface area contributed by atoms with Gasteiger partial charge in [-0.15, -0.1) is 0 Å². The summed E-state index contributed by atoms with van der Waals surface area (Å²) in [6.07, 6.45) is 2.15. The smallest absolute Gasteiger partial charge is 0.126 e. The summed E-state index contributed by atoms with van der Waals surface area (Å²) in [6.45, 7) is 1.85. The Labute approximate surface area is 83.6 Å². The van der Waals surface area contributed by atoms with E-state index in [1.807, 2.05) is 13.0 Å². The number of hydrogen-bond acceptors (Lipinski definition) is 1. The van der Waals surface area contributed by atoms with E-state index in [-0.39, 0.29) is 12.4 Å². The predicted octanol–water partition coefficient (Wildman–Crippen LogP) is 2.64. The first kappa shape index (κ1) is 9.66. The second-order valence-corrected chi connectivity index (χ2v) is 3.91. The Morgan fingerprint density at radius 2 is 2.21 bits per heavy atom. The van der Waals surface area contributed by atoms with Crippen LogP contribution in [0.25, 0.3) is 0 Å². The second kappa shape index (κ2) is 3.70. The SMILES string of the molecule is C[C](CO)c1cccc(F)c1C1CC1. The van der Waals surface area contributed by atoms with Gasteiger partial charge in [0.15, 0.2) is 0 Å². The first-order chi connectivity index (χ1) is 6.74. The van der Waals surface area contributed by atoms with Gasteiger partial charge in [0.05, 0.1) is 6.61 Å². The predicted molar refractivity (Wildman–Crippen MR) is 53.5 cm³/mol. The normalized spacial score (nSPS) is 16.3. The minimum atomic E-state index is -0.127. The Bertz CT molecular complexity index is 331. The van der Waals surface area contributed by atoms with E-state index in [0.29, 0.717) is 5.92 Å². The highest BCUT2D eigenvalue weighted by Gasteiger charge is 2.30. The zero-order chi connectivity index (χ0) is 10.1. The number of aliphatic hydroxyl groups excluding tert-OH is 1. The minimum Gasteiger partial charge on any atom is -0.395 e. The van der Waals surface area contributed by atoms with E-state index in [4.69, 9.17) is 5.11 Å². The molecule has 0 atom stereocenters. The molecule has 1 aromatic rings. The van der Waals surface area contributed by atoms with Gasteiger partial charge in [-0.1, -0.05) is 19.1 Å². The summed E-state index contributed by atoms with van der Waals surface area (Å²) >= 11 is 0. The van der Waals surface area contributed by atoms with Crippen LogP contribution in [-0.2, 0) is 0 Å². The van der Waals surface area contributed by atoms with Crippen LogP contribution in [0.3, 0.4) is 0 Å². The number of rotatable bonds is 3. The minimum absolute atomic E-state index is 0.00315. The summed E-state index contributed by atoms with van der Waals surface area (Å²) in [6, 6.07) is 5.10. The van der Waals surface area contributed by atoms with Crippen molar-refractivity contribution in [3.8, 4) is 0 Å². The van der Waals surface area contributed by atoms with Gasteiger partial charge in [-0.25, -0.2) is 4.39 Å². The number of aliphatic hydroxyl groups is 1. The Hall–Kier alpha value is -0.890. The van der Waals surface area contributed by atoms with Gasteiger partial charge in [0.1, 0.15) is 5.82 Å². The molecule has 1 saturated carbocycles. The molecule has 2 rings (SSSR count). The molecule has 1 radical (unpaired) electrons. The summed E-state index contributed by atoms with van der Waals surface area (Å²) in [5.41, 5.74) is 1.70. The van der Waals surface area contributed by atoms with Gasteiger partial charge in [-0.2, -0.15) is 0 Å². The second-order valence-electron chi connectivity index (χ2n) is 3.91. The summed E-state index contributed by atoms with van der Waals surface area (Å²) in [5, 5.41) is 9.05. The van der Waals surface area contributed by atoms with E-state index >= 15 is 0 Å². The van der Waals surface area contributed by atoms with Crippen LogP contribution in [0.2, 0.25) is 0 Å². The zero-order valence-corrected chi connectivity index (χ0v) is 8.26. The van der Waals surface area contributed by atoms with Crippen molar-refractivity contribution in [3.63, 3.8) is 0 Å². The van der Waals surface area contributed by atoms with E-state index in [1.165, 1.54) is 6.07 Å². The van der Waals surface area contributed by atoms with Crippen molar-refractivity contribution < 1.29 is 9.50 Å². The number of benzene rings is 1. The van der Waals surface area contributed by atoms with Crippen molar-refractivity contribution in [2.45, 2.75) is 25.7 Å². The van der Waals surface area contributed by atoms with Crippen molar-refractivity contribution in [1.82, 2.24) is 0 Å². The lowest BCUT2D eigenvalue weighted by molar-refractivity contribution is 0.314. The van der Waals surface area contributed by atoms with E-state index in [9.17, 15) is 4.39 Å². The average Bonchev–Trinajstić information content (AvgIpc) is 3.00. The van der Waals surface area contributed by atoms with E-state index in [1.54, 1.807) is 6.07 Å². The molecule has 0 saturated heterocycles. The fraction of sp³-hybridized carbons (Fsp3) is 0.417. The first-order valence-corrected chi connectivity index (χ1v) is 4.96. The third-order valence-corrected chi connectivity index (χ3v) is 2.74. The Balaban J connectivity index is 2.41. The number of hydrogen-bond donors (Lipinski definition) is 1. The lowest BCUT2D eigenvalue weighted by Crippen LogP contribution is -2.05. The molecule has 0 aromatic heterocycles. The highest BCUT2D eigenvalue weighted by atomic mass is 19.1. The van der Waals surface area contributed by atoms with E-state index in [2.05, 4.69) is 0 Å². The van der Waals surface area contributed by atoms with Crippen LogP contribution in [-0.4, -0.2) is 11.7 Å². The molecule has 0 amide bonds. The van der Waals surface area contributed by atoms with E-state index < -0.39 is 0 Å². The molecule has 0 unspecified atom stereocenters. The first-order valence-electron chi connectivity index (χ1n) is 4.96. The average molecular weight is 193 g/mol. The molecule has 75 valence electrons. The monoisotopic (exact) mass is 193 g/mol. The molecule has 1 nitrogen and oxygen atoms in total. The van der Waals surface area contributed by atoms with Gasteiger partial charge in [0, 0.05) is 5.92 Å². The van der Waals surface area contributed by atoms with Gasteiger partial charge in [0.25, 0.3) is 0 Å². The maximum atomic E-state index is 13.5. The van der Waals surface area contributed by atoms with Crippen LogP contribution in [0.4, 0.5) is 4.39 Å². The Morgan fingerprint density at radius 3 is 2.79 bits per heavy atom. The standard InChI is InChI=1S/C12H14FO/c1-8(7-14)10-3-2-4-11(13)12(10)9-5-6-9/h2-4,9,14H,5-7H2,1H3. The molecule has 1 fully saturated rings. The summed E-state index contributed by atoms with van der Waals surface area (Å²) < 4.78 is 13.5. The lowest BCUT2D eigenvalue weighted by Gasteiger charge is -2.13. The molecule has 1 N–H and O–H groups in total. The van der Waals surface area contributed by atoms with Crippen molar-refractivity contribution in [1.29, 1.82) is 0 Å². The Kier molecular flexibility index (Phi) is 2.55. The summed E-state index contributed by atoms with van der Waals surface area (Å²) in [4.78, 5) is 0. The number of halogens is 1. The fourth-order valence-electron chi connectivity index (χ4n) is 1.78. The molecule has 0 bridgehead atoms. The van der Waals surface area contributed by atoms with E-state index in [0.717, 1.165) is 29.9 Å². The summed E-state index contributed by atoms with van der Waals surface area (Å²) in [5.74, 6) is 1.11. The highest BCUT2D eigenvalue weighted by Crippen LogP contribution is 2.44. The maximum absolute atomic E-state index is 13.5. The van der Waals surface area contributed by atoms with Gasteiger partial charge in [0.2, 0.25) is 0 Å². The quantitative estimate of drug-likeness (QED) is 0.782. The molecule has 2 heteroatoms. The molecule has 0 aliphatic heterocycles. The van der Waals surface area contributed by atoms with Crippen LogP contribution in [0.1, 0.15) is 36.8 Å². The molecule has 1 aromatic carbocycles. The molecule has 1 aliphatic rings. The van der Waals surface area contributed by atoms with Crippen LogP contribution < -0.4 is 0 Å². The van der Waals surface area contributed by atoms with Crippen LogP contribution in [0, 0.1) is 11.7 Å². The topological polar surface area (TPSA) is 20.2 Å². The zero-order valence-electron chi connectivity index (χ0n) is 8.26. The summed E-state index contributed by atoms with van der Waals surface area (Å²) in [7, 11) is 0. The van der Waals surface area contributed by atoms with Crippen molar-refractivity contribution in [3.05, 3.63) is 41.1 Å². The fourth-order valence-corrected chi connectivity index (χ4v) is 1.78. The molecular weight excluding hydrogens is 179 g/mol. The highest BCUT2D eigenvalue weighted by molar-refractivity contribution is 5.42. The maximum Gasteiger partial charge on any atom is 0.126 e. The van der Waals surface area contributed by atoms with Crippen molar-refractivity contribution in [2.75, 3.05) is 6.61 Å². The molecule has 0 spiro atoms. The van der Waals surface area contributed by atoms with Crippen molar-refractivity contribution >= 4 is 0 Å².